The summed E-state index contributed by atoms with van der Waals surface area (Å²) < 4.78 is 6.74. The Kier molecular flexibility index (Phi) is 3.88. The van der Waals surface area contributed by atoms with Gasteiger partial charge in [0.15, 0.2) is 5.58 Å². The standard InChI is InChI=1S/C16H10IN3O/c17-12-5-7-13(8-6-12)19-10-11(9-18)16-20-14-3-1-2-4-15(14)21-16/h1-8,10,19H/b11-10+. The van der Waals surface area contributed by atoms with Gasteiger partial charge >= 0.3 is 0 Å². The Morgan fingerprint density at radius 2 is 1.95 bits per heavy atom. The van der Waals surface area contributed by atoms with E-state index < -0.39 is 0 Å². The Hall–Kier alpha value is -2.33. The Morgan fingerprint density at radius 3 is 2.67 bits per heavy atom. The lowest BCUT2D eigenvalue weighted by atomic mass is 10.3. The Labute approximate surface area is 135 Å². The van der Waals surface area contributed by atoms with E-state index in [-0.39, 0.29) is 0 Å². The van der Waals surface area contributed by atoms with Gasteiger partial charge < -0.3 is 9.73 Å². The summed E-state index contributed by atoms with van der Waals surface area (Å²) in [6.45, 7) is 0. The van der Waals surface area contributed by atoms with E-state index in [9.17, 15) is 5.26 Å². The maximum absolute atomic E-state index is 9.27. The maximum Gasteiger partial charge on any atom is 0.239 e. The third kappa shape index (κ3) is 3.06. The molecule has 0 saturated heterocycles. The number of hydrogen-bond donors (Lipinski definition) is 1. The van der Waals surface area contributed by atoms with Gasteiger partial charge in [-0.25, -0.2) is 4.98 Å². The number of allylic oxidation sites excluding steroid dienone is 1. The van der Waals surface area contributed by atoms with Gasteiger partial charge in [-0.05, 0) is 59.0 Å². The second-order valence-corrected chi connectivity index (χ2v) is 5.55. The fraction of sp³-hybridized carbons (Fsp3) is 0. The fourth-order valence-electron chi connectivity index (χ4n) is 1.83. The van der Waals surface area contributed by atoms with Crippen LogP contribution in [0.1, 0.15) is 5.89 Å². The van der Waals surface area contributed by atoms with Gasteiger partial charge in [-0.3, -0.25) is 0 Å². The van der Waals surface area contributed by atoms with Crippen LogP contribution in [0, 0.1) is 14.9 Å². The predicted molar refractivity (Wildman–Crippen MR) is 90.4 cm³/mol. The first-order valence-corrected chi connectivity index (χ1v) is 7.32. The highest BCUT2D eigenvalue weighted by atomic mass is 127. The van der Waals surface area contributed by atoms with Crippen LogP contribution in [0.5, 0.6) is 0 Å². The highest BCUT2D eigenvalue weighted by Crippen LogP contribution is 2.20. The third-order valence-corrected chi connectivity index (χ3v) is 3.59. The number of oxazole rings is 1. The molecule has 1 heterocycles. The van der Waals surface area contributed by atoms with E-state index in [1.165, 1.54) is 0 Å². The molecular weight excluding hydrogens is 377 g/mol. The van der Waals surface area contributed by atoms with Crippen molar-refractivity contribution in [3.8, 4) is 6.07 Å². The molecule has 0 radical (unpaired) electrons. The predicted octanol–water partition coefficient (Wildman–Crippen LogP) is 4.41. The van der Waals surface area contributed by atoms with Crippen molar-refractivity contribution in [2.24, 2.45) is 0 Å². The second-order valence-electron chi connectivity index (χ2n) is 4.31. The molecule has 102 valence electrons. The van der Waals surface area contributed by atoms with Crippen LogP contribution < -0.4 is 5.32 Å². The SMILES string of the molecule is N#C/C(=C\Nc1ccc(I)cc1)c1nc2ccccc2o1. The maximum atomic E-state index is 9.27. The lowest BCUT2D eigenvalue weighted by Crippen LogP contribution is -1.91. The second kappa shape index (κ2) is 5.97. The minimum atomic E-state index is 0.316. The number of anilines is 1. The van der Waals surface area contributed by atoms with Crippen LogP contribution in [0.2, 0.25) is 0 Å². The topological polar surface area (TPSA) is 61.9 Å². The molecule has 5 heteroatoms. The number of fused-ring (bicyclic) bond motifs is 1. The lowest BCUT2D eigenvalue weighted by molar-refractivity contribution is 0.586. The minimum Gasteiger partial charge on any atom is -0.435 e. The number of rotatable bonds is 3. The molecule has 0 aliphatic carbocycles. The smallest absolute Gasteiger partial charge is 0.239 e. The molecule has 0 aliphatic rings. The molecule has 2 aromatic carbocycles. The number of halogens is 1. The molecule has 0 fully saturated rings. The van der Waals surface area contributed by atoms with Crippen molar-refractivity contribution < 1.29 is 4.42 Å². The molecule has 3 rings (SSSR count). The fourth-order valence-corrected chi connectivity index (χ4v) is 2.19. The van der Waals surface area contributed by atoms with Crippen molar-refractivity contribution in [3.63, 3.8) is 0 Å². The molecule has 4 nitrogen and oxygen atoms in total. The van der Waals surface area contributed by atoms with Crippen LogP contribution in [0.15, 0.2) is 59.1 Å². The van der Waals surface area contributed by atoms with Crippen LogP contribution in [-0.2, 0) is 0 Å². The van der Waals surface area contributed by atoms with Crippen LogP contribution in [0.4, 0.5) is 5.69 Å². The third-order valence-electron chi connectivity index (χ3n) is 2.87. The zero-order chi connectivity index (χ0) is 14.7. The van der Waals surface area contributed by atoms with E-state index in [2.05, 4.69) is 39.0 Å². The van der Waals surface area contributed by atoms with E-state index in [1.807, 2.05) is 48.5 Å². The number of benzene rings is 2. The van der Waals surface area contributed by atoms with E-state index >= 15 is 0 Å². The van der Waals surface area contributed by atoms with E-state index in [0.29, 0.717) is 17.0 Å². The Balaban J connectivity index is 1.89. The first kappa shape index (κ1) is 13.6. The number of nitrogens with one attached hydrogen (secondary N) is 1. The van der Waals surface area contributed by atoms with Crippen molar-refractivity contribution in [3.05, 3.63) is 64.2 Å². The van der Waals surface area contributed by atoms with Crippen molar-refractivity contribution in [1.29, 1.82) is 5.26 Å². The lowest BCUT2D eigenvalue weighted by Gasteiger charge is -2.00. The van der Waals surface area contributed by atoms with E-state index in [4.69, 9.17) is 4.42 Å². The molecule has 1 aromatic heterocycles. The molecule has 0 unspecified atom stereocenters. The minimum absolute atomic E-state index is 0.316. The molecule has 0 atom stereocenters. The van der Waals surface area contributed by atoms with E-state index in [0.717, 1.165) is 14.8 Å². The number of para-hydroxylation sites is 2. The Morgan fingerprint density at radius 1 is 1.19 bits per heavy atom. The van der Waals surface area contributed by atoms with Crippen molar-refractivity contribution >= 4 is 45.0 Å². The van der Waals surface area contributed by atoms with Gasteiger partial charge in [0.05, 0.1) is 0 Å². The van der Waals surface area contributed by atoms with Crippen LogP contribution in [0.3, 0.4) is 0 Å². The van der Waals surface area contributed by atoms with Crippen LogP contribution >= 0.6 is 22.6 Å². The molecule has 0 amide bonds. The normalized spacial score (nSPS) is 11.3. The average Bonchev–Trinajstić information content (AvgIpc) is 2.93. The largest absolute Gasteiger partial charge is 0.435 e. The summed E-state index contributed by atoms with van der Waals surface area (Å²) in [4.78, 5) is 4.31. The summed E-state index contributed by atoms with van der Waals surface area (Å²) in [5.41, 5.74) is 2.66. The molecule has 21 heavy (non-hydrogen) atoms. The summed E-state index contributed by atoms with van der Waals surface area (Å²) in [5, 5.41) is 12.3. The van der Waals surface area contributed by atoms with E-state index in [1.54, 1.807) is 6.20 Å². The first-order chi connectivity index (χ1) is 10.3. The Bertz CT molecular complexity index is 811. The molecule has 0 aliphatic heterocycles. The number of nitriles is 1. The van der Waals surface area contributed by atoms with Gasteiger partial charge in [0, 0.05) is 15.5 Å². The molecule has 0 saturated carbocycles. The number of aromatic nitrogens is 1. The summed E-state index contributed by atoms with van der Waals surface area (Å²) in [5.74, 6) is 0.316. The highest BCUT2D eigenvalue weighted by Gasteiger charge is 2.09. The average molecular weight is 387 g/mol. The van der Waals surface area contributed by atoms with Crippen molar-refractivity contribution in [2.75, 3.05) is 5.32 Å². The van der Waals surface area contributed by atoms with Crippen LogP contribution in [-0.4, -0.2) is 4.98 Å². The van der Waals surface area contributed by atoms with Gasteiger partial charge in [-0.15, -0.1) is 0 Å². The number of nitrogens with zero attached hydrogens (tertiary/aromatic N) is 2. The highest BCUT2D eigenvalue weighted by molar-refractivity contribution is 14.1. The summed E-state index contributed by atoms with van der Waals surface area (Å²) in [6, 6.07) is 17.4. The summed E-state index contributed by atoms with van der Waals surface area (Å²) in [7, 11) is 0. The molecule has 1 N–H and O–H groups in total. The molecular formula is C16H10IN3O. The molecule has 0 bridgehead atoms. The molecule has 0 spiro atoms. The van der Waals surface area contributed by atoms with Crippen LogP contribution in [0.25, 0.3) is 16.7 Å². The van der Waals surface area contributed by atoms with Gasteiger partial charge in [-0.2, -0.15) is 5.26 Å². The monoisotopic (exact) mass is 387 g/mol. The van der Waals surface area contributed by atoms with Crippen molar-refractivity contribution in [1.82, 2.24) is 4.98 Å². The molecule has 3 aromatic rings. The first-order valence-electron chi connectivity index (χ1n) is 6.24. The van der Waals surface area contributed by atoms with Gasteiger partial charge in [-0.1, -0.05) is 12.1 Å². The van der Waals surface area contributed by atoms with Crippen molar-refractivity contribution in [2.45, 2.75) is 0 Å². The summed E-state index contributed by atoms with van der Waals surface area (Å²) in [6.07, 6.45) is 1.60. The van der Waals surface area contributed by atoms with Gasteiger partial charge in [0.25, 0.3) is 0 Å². The van der Waals surface area contributed by atoms with Gasteiger partial charge in [0.2, 0.25) is 5.89 Å². The number of hydrogen-bond acceptors (Lipinski definition) is 4. The van der Waals surface area contributed by atoms with Gasteiger partial charge in [0.1, 0.15) is 17.2 Å². The zero-order valence-corrected chi connectivity index (χ0v) is 13.0. The quantitative estimate of drug-likeness (QED) is 0.534. The zero-order valence-electron chi connectivity index (χ0n) is 10.9. The summed E-state index contributed by atoms with van der Waals surface area (Å²) >= 11 is 2.24.